The molecule has 0 unspecified atom stereocenters. The SMILES string of the molecule is CCN1C(=N)C(C)(C)N(C)C1=O. The maximum absolute atomic E-state index is 11.5. The number of nitrogens with zero attached hydrogens (tertiary/aromatic N) is 2. The minimum absolute atomic E-state index is 0.0764. The number of nitrogens with one attached hydrogen (secondary N) is 1. The van der Waals surface area contributed by atoms with Gasteiger partial charge in [0.1, 0.15) is 5.84 Å². The van der Waals surface area contributed by atoms with E-state index in [1.165, 1.54) is 4.90 Å². The maximum atomic E-state index is 11.5. The molecule has 1 fully saturated rings. The van der Waals surface area contributed by atoms with Gasteiger partial charge in [0.2, 0.25) is 0 Å². The third kappa shape index (κ3) is 0.906. The average Bonchev–Trinajstić information content (AvgIpc) is 2.15. The molecule has 4 nitrogen and oxygen atoms in total. The van der Waals surface area contributed by atoms with Gasteiger partial charge < -0.3 is 4.90 Å². The van der Waals surface area contributed by atoms with Crippen molar-refractivity contribution in [3.05, 3.63) is 0 Å². The van der Waals surface area contributed by atoms with Crippen LogP contribution in [0.1, 0.15) is 20.8 Å². The van der Waals surface area contributed by atoms with Crippen LogP contribution in [0, 0.1) is 5.41 Å². The summed E-state index contributed by atoms with van der Waals surface area (Å²) in [6.45, 7) is 6.21. The molecule has 4 heteroatoms. The molecular weight excluding hydrogens is 154 g/mol. The van der Waals surface area contributed by atoms with Gasteiger partial charge in [-0.1, -0.05) is 0 Å². The maximum Gasteiger partial charge on any atom is 0.326 e. The molecule has 0 aromatic carbocycles. The first-order valence-electron chi connectivity index (χ1n) is 4.07. The summed E-state index contributed by atoms with van der Waals surface area (Å²) in [5.74, 6) is 0.387. The van der Waals surface area contributed by atoms with Gasteiger partial charge in [-0.3, -0.25) is 10.3 Å². The van der Waals surface area contributed by atoms with Crippen molar-refractivity contribution in [3.8, 4) is 0 Å². The number of amidine groups is 1. The van der Waals surface area contributed by atoms with Crippen LogP contribution in [0.4, 0.5) is 4.79 Å². The second kappa shape index (κ2) is 2.47. The predicted octanol–water partition coefficient (Wildman–Crippen LogP) is 1.13. The van der Waals surface area contributed by atoms with Gasteiger partial charge in [-0.2, -0.15) is 0 Å². The first-order chi connectivity index (χ1) is 5.42. The summed E-state index contributed by atoms with van der Waals surface area (Å²) in [6.07, 6.45) is 0. The van der Waals surface area contributed by atoms with E-state index in [1.54, 1.807) is 11.9 Å². The van der Waals surface area contributed by atoms with Crippen molar-refractivity contribution in [2.75, 3.05) is 13.6 Å². The summed E-state index contributed by atoms with van der Waals surface area (Å²) in [5.41, 5.74) is -0.451. The number of urea groups is 1. The van der Waals surface area contributed by atoms with Gasteiger partial charge in [-0.15, -0.1) is 0 Å². The highest BCUT2D eigenvalue weighted by Crippen LogP contribution is 2.25. The molecular formula is C8H15N3O. The standard InChI is InChI=1S/C8H15N3O/c1-5-11-6(9)8(2,3)10(4)7(11)12/h9H,5H2,1-4H3. The zero-order chi connectivity index (χ0) is 9.52. The lowest BCUT2D eigenvalue weighted by Gasteiger charge is -2.24. The smallest absolute Gasteiger partial charge is 0.315 e. The van der Waals surface area contributed by atoms with Gasteiger partial charge in [-0.05, 0) is 20.8 Å². The quantitative estimate of drug-likeness (QED) is 0.628. The molecule has 68 valence electrons. The van der Waals surface area contributed by atoms with Gasteiger partial charge in [0.15, 0.2) is 0 Å². The largest absolute Gasteiger partial charge is 0.326 e. The molecule has 2 amide bonds. The number of amides is 2. The minimum atomic E-state index is -0.451. The number of rotatable bonds is 1. The fourth-order valence-electron chi connectivity index (χ4n) is 1.30. The van der Waals surface area contributed by atoms with Gasteiger partial charge in [-0.25, -0.2) is 4.79 Å². The zero-order valence-corrected chi connectivity index (χ0v) is 8.01. The van der Waals surface area contributed by atoms with E-state index in [9.17, 15) is 4.79 Å². The molecule has 1 aliphatic heterocycles. The Morgan fingerprint density at radius 2 is 2.00 bits per heavy atom. The molecule has 0 aliphatic carbocycles. The molecule has 0 saturated carbocycles. The molecule has 0 radical (unpaired) electrons. The van der Waals surface area contributed by atoms with Crippen LogP contribution in [0.2, 0.25) is 0 Å². The van der Waals surface area contributed by atoms with Crippen LogP contribution in [0.3, 0.4) is 0 Å². The van der Waals surface area contributed by atoms with Crippen molar-refractivity contribution in [2.45, 2.75) is 26.3 Å². The van der Waals surface area contributed by atoms with E-state index in [4.69, 9.17) is 5.41 Å². The highest BCUT2D eigenvalue weighted by molar-refractivity contribution is 6.07. The first kappa shape index (κ1) is 9.03. The molecule has 1 N–H and O–H groups in total. The Labute approximate surface area is 72.7 Å². The number of carbonyl (C=O) groups is 1. The minimum Gasteiger partial charge on any atom is -0.315 e. The second-order valence-electron chi connectivity index (χ2n) is 3.49. The lowest BCUT2D eigenvalue weighted by atomic mass is 10.0. The average molecular weight is 169 g/mol. The molecule has 1 heterocycles. The Balaban J connectivity index is 3.02. The van der Waals surface area contributed by atoms with E-state index in [0.717, 1.165) is 0 Å². The molecule has 0 atom stereocenters. The highest BCUT2D eigenvalue weighted by Gasteiger charge is 2.45. The third-order valence-electron chi connectivity index (χ3n) is 2.52. The summed E-state index contributed by atoms with van der Waals surface area (Å²) in [4.78, 5) is 14.6. The highest BCUT2D eigenvalue weighted by atomic mass is 16.2. The molecule has 12 heavy (non-hydrogen) atoms. The van der Waals surface area contributed by atoms with Crippen LogP contribution < -0.4 is 0 Å². The van der Waals surface area contributed by atoms with Crippen molar-refractivity contribution < 1.29 is 4.79 Å². The summed E-state index contributed by atoms with van der Waals surface area (Å²) in [7, 11) is 1.73. The molecule has 0 aromatic heterocycles. The van der Waals surface area contributed by atoms with Crippen molar-refractivity contribution in [3.63, 3.8) is 0 Å². The van der Waals surface area contributed by atoms with Gasteiger partial charge in [0.25, 0.3) is 0 Å². The van der Waals surface area contributed by atoms with Crippen molar-refractivity contribution in [1.29, 1.82) is 5.41 Å². The monoisotopic (exact) mass is 169 g/mol. The third-order valence-corrected chi connectivity index (χ3v) is 2.52. The number of hydrogen-bond donors (Lipinski definition) is 1. The van der Waals surface area contributed by atoms with Crippen LogP contribution in [0.5, 0.6) is 0 Å². The normalized spacial score (nSPS) is 22.3. The van der Waals surface area contributed by atoms with Crippen molar-refractivity contribution >= 4 is 11.9 Å². The molecule has 0 bridgehead atoms. The van der Waals surface area contributed by atoms with E-state index >= 15 is 0 Å². The van der Waals surface area contributed by atoms with Gasteiger partial charge >= 0.3 is 6.03 Å². The Morgan fingerprint density at radius 3 is 2.17 bits per heavy atom. The van der Waals surface area contributed by atoms with Crippen molar-refractivity contribution in [1.82, 2.24) is 9.80 Å². The fraction of sp³-hybridized carbons (Fsp3) is 0.750. The molecule has 1 aliphatic rings. The van der Waals surface area contributed by atoms with E-state index < -0.39 is 5.54 Å². The van der Waals surface area contributed by atoms with Crippen LogP contribution in [-0.4, -0.2) is 40.8 Å². The number of hydrogen-bond acceptors (Lipinski definition) is 2. The predicted molar refractivity (Wildman–Crippen MR) is 47.3 cm³/mol. The lowest BCUT2D eigenvalue weighted by molar-refractivity contribution is 0.188. The first-order valence-corrected chi connectivity index (χ1v) is 4.07. The van der Waals surface area contributed by atoms with E-state index in [2.05, 4.69) is 0 Å². The van der Waals surface area contributed by atoms with Crippen LogP contribution in [0.15, 0.2) is 0 Å². The fourth-order valence-corrected chi connectivity index (χ4v) is 1.30. The Hall–Kier alpha value is -1.06. The zero-order valence-electron chi connectivity index (χ0n) is 8.01. The van der Waals surface area contributed by atoms with Crippen molar-refractivity contribution in [2.24, 2.45) is 0 Å². The molecule has 0 spiro atoms. The lowest BCUT2D eigenvalue weighted by Crippen LogP contribution is -2.41. The summed E-state index contributed by atoms with van der Waals surface area (Å²) in [6, 6.07) is -0.0764. The summed E-state index contributed by atoms with van der Waals surface area (Å²) < 4.78 is 0. The Kier molecular flexibility index (Phi) is 1.86. The van der Waals surface area contributed by atoms with Crippen LogP contribution in [0.25, 0.3) is 0 Å². The van der Waals surface area contributed by atoms with E-state index in [1.807, 2.05) is 20.8 Å². The molecule has 1 saturated heterocycles. The second-order valence-corrected chi connectivity index (χ2v) is 3.49. The topological polar surface area (TPSA) is 47.4 Å². The Bertz CT molecular complexity index is 234. The van der Waals surface area contributed by atoms with E-state index in [-0.39, 0.29) is 6.03 Å². The molecule has 0 aromatic rings. The molecule has 1 rings (SSSR count). The van der Waals surface area contributed by atoms with Crippen LogP contribution >= 0.6 is 0 Å². The Morgan fingerprint density at radius 1 is 1.50 bits per heavy atom. The van der Waals surface area contributed by atoms with Crippen LogP contribution in [-0.2, 0) is 0 Å². The van der Waals surface area contributed by atoms with E-state index in [0.29, 0.717) is 12.4 Å². The summed E-state index contributed by atoms with van der Waals surface area (Å²) >= 11 is 0. The van der Waals surface area contributed by atoms with Gasteiger partial charge in [0.05, 0.1) is 5.54 Å². The number of carbonyl (C=O) groups excluding carboxylic acids is 1. The van der Waals surface area contributed by atoms with Gasteiger partial charge in [0, 0.05) is 13.6 Å². The number of likely N-dealkylation sites (N-methyl/N-ethyl adjacent to an activating group) is 2. The summed E-state index contributed by atoms with van der Waals surface area (Å²) in [5, 5.41) is 7.73.